The van der Waals surface area contributed by atoms with E-state index in [9.17, 15) is 4.79 Å². The Morgan fingerprint density at radius 1 is 1.00 bits per heavy atom. The van der Waals surface area contributed by atoms with Crippen LogP contribution in [0.3, 0.4) is 0 Å². The molecule has 1 heterocycles. The second kappa shape index (κ2) is 8.45. The molecule has 0 unspecified atom stereocenters. The van der Waals surface area contributed by atoms with E-state index in [-0.39, 0.29) is 5.91 Å². The Balaban J connectivity index is 1.74. The van der Waals surface area contributed by atoms with Crippen LogP contribution in [-0.2, 0) is 6.54 Å². The normalized spacial score (nSPS) is 10.5. The van der Waals surface area contributed by atoms with Crippen molar-refractivity contribution in [3.8, 4) is 0 Å². The molecule has 1 aromatic heterocycles. The van der Waals surface area contributed by atoms with Gasteiger partial charge >= 0.3 is 0 Å². The highest BCUT2D eigenvalue weighted by Gasteiger charge is 2.18. The van der Waals surface area contributed by atoms with Crippen LogP contribution in [0.5, 0.6) is 0 Å². The maximum atomic E-state index is 12.9. The minimum Gasteiger partial charge on any atom is -0.354 e. The van der Waals surface area contributed by atoms with E-state index in [0.29, 0.717) is 12.2 Å². The summed E-state index contributed by atoms with van der Waals surface area (Å²) in [5.41, 5.74) is 3.52. The molecule has 0 aliphatic carbocycles. The van der Waals surface area contributed by atoms with Crippen LogP contribution in [0, 0.1) is 6.92 Å². The number of amides is 1. The number of hydrogen-bond acceptors (Lipinski definition) is 4. The molecule has 3 aromatic rings. The maximum absolute atomic E-state index is 12.9. The van der Waals surface area contributed by atoms with Crippen molar-refractivity contribution in [2.45, 2.75) is 20.4 Å². The number of anilines is 2. The third-order valence-electron chi connectivity index (χ3n) is 4.39. The van der Waals surface area contributed by atoms with Gasteiger partial charge in [-0.05, 0) is 37.1 Å². The average Bonchev–Trinajstić information content (AvgIpc) is 2.69. The Morgan fingerprint density at radius 2 is 1.78 bits per heavy atom. The van der Waals surface area contributed by atoms with Crippen molar-refractivity contribution in [2.24, 2.45) is 0 Å². The molecule has 0 N–H and O–H groups in total. The van der Waals surface area contributed by atoms with Gasteiger partial charge in [0.25, 0.3) is 5.91 Å². The molecule has 0 atom stereocenters. The maximum Gasteiger partial charge on any atom is 0.278 e. The zero-order valence-electron chi connectivity index (χ0n) is 16.0. The van der Waals surface area contributed by atoms with Crippen LogP contribution in [-0.4, -0.2) is 29.5 Å². The first-order valence-electron chi connectivity index (χ1n) is 9.04. The summed E-state index contributed by atoms with van der Waals surface area (Å²) in [5.74, 6) is 0.585. The van der Waals surface area contributed by atoms with E-state index in [1.165, 1.54) is 5.56 Å². The van der Waals surface area contributed by atoms with Crippen molar-refractivity contribution in [1.29, 1.82) is 0 Å². The average molecular weight is 360 g/mol. The van der Waals surface area contributed by atoms with Gasteiger partial charge in [0.1, 0.15) is 11.5 Å². The fourth-order valence-electron chi connectivity index (χ4n) is 2.94. The summed E-state index contributed by atoms with van der Waals surface area (Å²) in [6.45, 7) is 5.27. The van der Waals surface area contributed by atoms with Gasteiger partial charge in [-0.2, -0.15) is 0 Å². The largest absolute Gasteiger partial charge is 0.354 e. The van der Waals surface area contributed by atoms with Crippen LogP contribution >= 0.6 is 0 Å². The van der Waals surface area contributed by atoms with Crippen LogP contribution < -0.4 is 9.80 Å². The van der Waals surface area contributed by atoms with E-state index >= 15 is 0 Å². The highest BCUT2D eigenvalue weighted by atomic mass is 16.2. The van der Waals surface area contributed by atoms with E-state index in [2.05, 4.69) is 22.1 Å². The minimum atomic E-state index is -0.145. The van der Waals surface area contributed by atoms with Crippen LogP contribution in [0.15, 0.2) is 67.0 Å². The van der Waals surface area contributed by atoms with Crippen molar-refractivity contribution in [3.05, 3.63) is 83.8 Å². The van der Waals surface area contributed by atoms with Gasteiger partial charge in [0.15, 0.2) is 0 Å². The lowest BCUT2D eigenvalue weighted by Crippen LogP contribution is -2.31. The fourth-order valence-corrected chi connectivity index (χ4v) is 2.94. The smallest absolute Gasteiger partial charge is 0.278 e. The highest BCUT2D eigenvalue weighted by Crippen LogP contribution is 2.18. The lowest BCUT2D eigenvalue weighted by atomic mass is 10.2. The van der Waals surface area contributed by atoms with Crippen LogP contribution in [0.4, 0.5) is 11.5 Å². The van der Waals surface area contributed by atoms with E-state index in [0.717, 1.165) is 23.6 Å². The Kier molecular flexibility index (Phi) is 5.81. The molecule has 0 fully saturated rings. The van der Waals surface area contributed by atoms with Crippen LogP contribution in [0.25, 0.3) is 0 Å². The molecule has 138 valence electrons. The van der Waals surface area contributed by atoms with Crippen LogP contribution in [0.1, 0.15) is 28.5 Å². The second-order valence-corrected chi connectivity index (χ2v) is 6.49. The molecule has 2 aromatic carbocycles. The van der Waals surface area contributed by atoms with Crippen molar-refractivity contribution in [1.82, 2.24) is 9.97 Å². The Hall–Kier alpha value is -3.21. The van der Waals surface area contributed by atoms with Gasteiger partial charge in [-0.1, -0.05) is 42.5 Å². The topological polar surface area (TPSA) is 49.3 Å². The Morgan fingerprint density at radius 3 is 2.41 bits per heavy atom. The number of aryl methyl sites for hydroxylation is 1. The lowest BCUT2D eigenvalue weighted by Gasteiger charge is -2.22. The first-order valence-corrected chi connectivity index (χ1v) is 9.04. The van der Waals surface area contributed by atoms with E-state index < -0.39 is 0 Å². The third kappa shape index (κ3) is 4.50. The molecule has 0 saturated carbocycles. The van der Waals surface area contributed by atoms with Gasteiger partial charge < -0.3 is 9.80 Å². The molecule has 0 spiro atoms. The van der Waals surface area contributed by atoms with Crippen molar-refractivity contribution >= 4 is 17.4 Å². The third-order valence-corrected chi connectivity index (χ3v) is 4.39. The molecule has 5 heteroatoms. The van der Waals surface area contributed by atoms with E-state index in [1.807, 2.05) is 68.3 Å². The predicted molar refractivity (Wildman–Crippen MR) is 109 cm³/mol. The predicted octanol–water partition coefficient (Wildman–Crippen LogP) is 4.09. The number of carbonyl (C=O) groups excluding carboxylic acids is 1. The zero-order chi connectivity index (χ0) is 19.2. The van der Waals surface area contributed by atoms with Crippen LogP contribution in [0.2, 0.25) is 0 Å². The molecule has 0 saturated heterocycles. The fraction of sp³-hybridized carbons (Fsp3) is 0.227. The SMILES string of the molecule is CCN(C(=O)c1cnc(N(C)Cc2ccccc2)cn1)c1cccc(C)c1. The highest BCUT2D eigenvalue weighted by molar-refractivity contribution is 6.04. The summed E-state index contributed by atoms with van der Waals surface area (Å²) in [4.78, 5) is 25.4. The standard InChI is InChI=1S/C22H24N4O/c1-4-26(19-12-8-9-17(2)13-19)22(27)20-14-24-21(15-23-20)25(3)16-18-10-6-5-7-11-18/h5-15H,4,16H2,1-3H3. The van der Waals surface area contributed by atoms with Crippen molar-refractivity contribution in [3.63, 3.8) is 0 Å². The van der Waals surface area contributed by atoms with Gasteiger partial charge in [0, 0.05) is 25.8 Å². The first-order chi connectivity index (χ1) is 13.1. The first kappa shape index (κ1) is 18.6. The Bertz CT molecular complexity index is 894. The summed E-state index contributed by atoms with van der Waals surface area (Å²) in [5, 5.41) is 0. The molecule has 3 rings (SSSR count). The molecule has 0 radical (unpaired) electrons. The monoisotopic (exact) mass is 360 g/mol. The second-order valence-electron chi connectivity index (χ2n) is 6.49. The number of benzene rings is 2. The number of rotatable bonds is 6. The lowest BCUT2D eigenvalue weighted by molar-refractivity contribution is 0.0983. The quantitative estimate of drug-likeness (QED) is 0.664. The molecule has 27 heavy (non-hydrogen) atoms. The number of carbonyl (C=O) groups is 1. The van der Waals surface area contributed by atoms with Gasteiger partial charge in [-0.15, -0.1) is 0 Å². The zero-order valence-corrected chi connectivity index (χ0v) is 16.0. The van der Waals surface area contributed by atoms with Gasteiger partial charge in [-0.25, -0.2) is 9.97 Å². The Labute approximate surface area is 160 Å². The summed E-state index contributed by atoms with van der Waals surface area (Å²) < 4.78 is 0. The van der Waals surface area contributed by atoms with Gasteiger partial charge in [0.05, 0.1) is 12.4 Å². The summed E-state index contributed by atoms with van der Waals surface area (Å²) in [6, 6.07) is 18.1. The number of aromatic nitrogens is 2. The molecule has 0 aliphatic rings. The molecular weight excluding hydrogens is 336 g/mol. The van der Waals surface area contributed by atoms with Crippen molar-refractivity contribution in [2.75, 3.05) is 23.4 Å². The van der Waals surface area contributed by atoms with Crippen molar-refractivity contribution < 1.29 is 4.79 Å². The van der Waals surface area contributed by atoms with E-state index in [4.69, 9.17) is 0 Å². The molecule has 1 amide bonds. The summed E-state index contributed by atoms with van der Waals surface area (Å²) in [7, 11) is 1.96. The summed E-state index contributed by atoms with van der Waals surface area (Å²) in [6.07, 6.45) is 3.21. The summed E-state index contributed by atoms with van der Waals surface area (Å²) >= 11 is 0. The molecule has 5 nitrogen and oxygen atoms in total. The molecule has 0 bridgehead atoms. The number of hydrogen-bond donors (Lipinski definition) is 0. The van der Waals surface area contributed by atoms with Gasteiger partial charge in [0.2, 0.25) is 0 Å². The molecule has 0 aliphatic heterocycles. The van der Waals surface area contributed by atoms with Gasteiger partial charge in [-0.3, -0.25) is 4.79 Å². The minimum absolute atomic E-state index is 0.145. The van der Waals surface area contributed by atoms with E-state index in [1.54, 1.807) is 17.3 Å². The molecular formula is C22H24N4O. The number of nitrogens with zero attached hydrogens (tertiary/aromatic N) is 4.